The van der Waals surface area contributed by atoms with E-state index in [1.807, 2.05) is 20.8 Å². The highest BCUT2D eigenvalue weighted by molar-refractivity contribution is 9.10. The average Bonchev–Trinajstić information content (AvgIpc) is 2.73. The third-order valence-electron chi connectivity index (χ3n) is 4.54. The lowest BCUT2D eigenvalue weighted by molar-refractivity contribution is -0.00805. The second-order valence-corrected chi connectivity index (χ2v) is 8.60. The zero-order valence-electron chi connectivity index (χ0n) is 14.5. The van der Waals surface area contributed by atoms with Crippen molar-refractivity contribution in [1.82, 2.24) is 4.90 Å². The Bertz CT molecular complexity index is 640. The summed E-state index contributed by atoms with van der Waals surface area (Å²) >= 11 is 3.06. The molecule has 1 aromatic carbocycles. The van der Waals surface area contributed by atoms with E-state index < -0.39 is 17.2 Å². The normalized spacial score (nSPS) is 25.8. The maximum absolute atomic E-state index is 14.0. The van der Waals surface area contributed by atoms with Crippen molar-refractivity contribution >= 4 is 22.0 Å². The second-order valence-electron chi connectivity index (χ2n) is 7.68. The summed E-state index contributed by atoms with van der Waals surface area (Å²) in [6.07, 6.45) is 2.17. The van der Waals surface area contributed by atoms with Gasteiger partial charge in [0.05, 0.1) is 0 Å². The number of ether oxygens (including phenoxy) is 2. The van der Waals surface area contributed by atoms with Crippen LogP contribution in [0.1, 0.15) is 46.5 Å². The number of amides is 1. The zero-order chi connectivity index (χ0) is 18.4. The summed E-state index contributed by atoms with van der Waals surface area (Å²) in [6, 6.07) is 2.34. The van der Waals surface area contributed by atoms with Crippen LogP contribution in [0.3, 0.4) is 0 Å². The van der Waals surface area contributed by atoms with Gasteiger partial charge in [-0.2, -0.15) is 0 Å². The number of fused-ring (bicyclic) bond motifs is 2. The average molecular weight is 418 g/mol. The summed E-state index contributed by atoms with van der Waals surface area (Å²) < 4.78 is 39.4. The lowest BCUT2D eigenvalue weighted by Gasteiger charge is -2.39. The monoisotopic (exact) mass is 417 g/mol. The van der Waals surface area contributed by atoms with Gasteiger partial charge in [-0.15, -0.1) is 0 Å². The second kappa shape index (κ2) is 6.74. The SMILES string of the molecule is CC(C)(C)OC(=O)N1C2CCC1CC(Oc1c(F)cc(Br)cc1F)C2. The molecular formula is C18H22BrF2NO3. The standard InChI is InChI=1S/C18H22BrF2NO3/c1-18(2,3)25-17(23)22-11-4-5-12(22)9-13(8-11)24-16-14(20)6-10(19)7-15(16)21/h6-7,11-13H,4-5,8-9H2,1-3H3. The number of halogens is 3. The van der Waals surface area contributed by atoms with Crippen LogP contribution in [-0.2, 0) is 4.74 Å². The summed E-state index contributed by atoms with van der Waals surface area (Å²) in [5, 5.41) is 0. The molecule has 2 unspecified atom stereocenters. The van der Waals surface area contributed by atoms with Crippen molar-refractivity contribution in [3.63, 3.8) is 0 Å². The van der Waals surface area contributed by atoms with Gasteiger partial charge in [0, 0.05) is 29.4 Å². The Labute approximate surface area is 154 Å². The summed E-state index contributed by atoms with van der Waals surface area (Å²) in [5.41, 5.74) is -0.548. The third kappa shape index (κ3) is 4.07. The Morgan fingerprint density at radius 1 is 1.16 bits per heavy atom. The van der Waals surface area contributed by atoms with Crippen LogP contribution in [0, 0.1) is 11.6 Å². The van der Waals surface area contributed by atoms with Gasteiger partial charge in [0.1, 0.15) is 11.7 Å². The highest BCUT2D eigenvalue weighted by atomic mass is 79.9. The van der Waals surface area contributed by atoms with Crippen molar-refractivity contribution in [2.45, 2.75) is 70.2 Å². The minimum absolute atomic E-state index is 0.0137. The van der Waals surface area contributed by atoms with E-state index in [4.69, 9.17) is 9.47 Å². The number of carbonyl (C=O) groups is 1. The molecule has 2 atom stereocenters. The molecule has 138 valence electrons. The van der Waals surface area contributed by atoms with E-state index in [2.05, 4.69) is 15.9 Å². The van der Waals surface area contributed by atoms with Gasteiger partial charge in [0.2, 0.25) is 0 Å². The molecule has 1 amide bonds. The number of carbonyl (C=O) groups excluding carboxylic acids is 1. The Hall–Kier alpha value is -1.37. The number of hydrogen-bond donors (Lipinski definition) is 0. The predicted molar refractivity (Wildman–Crippen MR) is 92.6 cm³/mol. The fraction of sp³-hybridized carbons (Fsp3) is 0.611. The molecule has 2 saturated heterocycles. The van der Waals surface area contributed by atoms with Crippen LogP contribution < -0.4 is 4.74 Å². The van der Waals surface area contributed by atoms with Crippen molar-refractivity contribution in [3.8, 4) is 5.75 Å². The highest BCUT2D eigenvalue weighted by Gasteiger charge is 2.45. The lowest BCUT2D eigenvalue weighted by atomic mass is 10.00. The summed E-state index contributed by atoms with van der Waals surface area (Å²) in [6.45, 7) is 5.51. The molecular weight excluding hydrogens is 396 g/mol. The third-order valence-corrected chi connectivity index (χ3v) is 5.00. The van der Waals surface area contributed by atoms with E-state index in [0.717, 1.165) is 12.8 Å². The van der Waals surface area contributed by atoms with E-state index in [1.54, 1.807) is 4.90 Å². The van der Waals surface area contributed by atoms with Crippen LogP contribution in [0.15, 0.2) is 16.6 Å². The Morgan fingerprint density at radius 3 is 2.16 bits per heavy atom. The molecule has 2 fully saturated rings. The molecule has 2 aliphatic rings. The van der Waals surface area contributed by atoms with Gasteiger partial charge in [0.25, 0.3) is 0 Å². The molecule has 0 saturated carbocycles. The fourth-order valence-corrected chi connectivity index (χ4v) is 4.05. The largest absolute Gasteiger partial charge is 0.484 e. The topological polar surface area (TPSA) is 38.8 Å². The van der Waals surface area contributed by atoms with Crippen molar-refractivity contribution in [3.05, 3.63) is 28.2 Å². The van der Waals surface area contributed by atoms with Crippen molar-refractivity contribution < 1.29 is 23.0 Å². The Kier molecular flexibility index (Phi) is 4.97. The smallest absolute Gasteiger partial charge is 0.410 e. The van der Waals surface area contributed by atoms with E-state index >= 15 is 0 Å². The number of nitrogens with zero attached hydrogens (tertiary/aromatic N) is 1. The maximum Gasteiger partial charge on any atom is 0.410 e. The quantitative estimate of drug-likeness (QED) is 0.676. The van der Waals surface area contributed by atoms with E-state index in [0.29, 0.717) is 17.3 Å². The first-order chi connectivity index (χ1) is 11.6. The van der Waals surface area contributed by atoms with Gasteiger partial charge in [-0.1, -0.05) is 15.9 Å². The summed E-state index contributed by atoms with van der Waals surface area (Å²) in [5.74, 6) is -1.80. The highest BCUT2D eigenvalue weighted by Crippen LogP contribution is 2.39. The summed E-state index contributed by atoms with van der Waals surface area (Å²) in [4.78, 5) is 14.2. The number of hydrogen-bond acceptors (Lipinski definition) is 3. The van der Waals surface area contributed by atoms with Crippen LogP contribution in [0.5, 0.6) is 5.75 Å². The van der Waals surface area contributed by atoms with Crippen LogP contribution in [0.4, 0.5) is 13.6 Å². The Morgan fingerprint density at radius 2 is 1.68 bits per heavy atom. The van der Waals surface area contributed by atoms with Gasteiger partial charge < -0.3 is 14.4 Å². The van der Waals surface area contributed by atoms with Gasteiger partial charge in [0.15, 0.2) is 17.4 Å². The molecule has 2 heterocycles. The molecule has 3 rings (SSSR count). The molecule has 7 heteroatoms. The van der Waals surface area contributed by atoms with Gasteiger partial charge in [-0.3, -0.25) is 0 Å². The zero-order valence-corrected chi connectivity index (χ0v) is 16.1. The number of rotatable bonds is 2. The molecule has 0 radical (unpaired) electrons. The first-order valence-electron chi connectivity index (χ1n) is 8.46. The molecule has 4 nitrogen and oxygen atoms in total. The molecule has 2 bridgehead atoms. The molecule has 25 heavy (non-hydrogen) atoms. The van der Waals surface area contributed by atoms with E-state index in [9.17, 15) is 13.6 Å². The van der Waals surface area contributed by atoms with Crippen LogP contribution in [0.25, 0.3) is 0 Å². The van der Waals surface area contributed by atoms with E-state index in [1.165, 1.54) is 12.1 Å². The first kappa shape index (κ1) is 18.4. The van der Waals surface area contributed by atoms with Crippen molar-refractivity contribution in [2.24, 2.45) is 0 Å². The molecule has 0 aliphatic carbocycles. The van der Waals surface area contributed by atoms with Crippen LogP contribution >= 0.6 is 15.9 Å². The Balaban J connectivity index is 1.69. The molecule has 0 spiro atoms. The minimum atomic E-state index is -0.728. The number of piperidine rings is 1. The van der Waals surface area contributed by atoms with Gasteiger partial charge >= 0.3 is 6.09 Å². The molecule has 1 aromatic rings. The lowest BCUT2D eigenvalue weighted by Crippen LogP contribution is -2.50. The molecule has 0 aromatic heterocycles. The van der Waals surface area contributed by atoms with Crippen molar-refractivity contribution in [2.75, 3.05) is 0 Å². The molecule has 2 aliphatic heterocycles. The molecule has 0 N–H and O–H groups in total. The van der Waals surface area contributed by atoms with Gasteiger partial charge in [-0.05, 0) is 45.7 Å². The van der Waals surface area contributed by atoms with Crippen LogP contribution in [0.2, 0.25) is 0 Å². The fourth-order valence-electron chi connectivity index (χ4n) is 3.64. The van der Waals surface area contributed by atoms with Crippen molar-refractivity contribution in [1.29, 1.82) is 0 Å². The summed E-state index contributed by atoms with van der Waals surface area (Å²) in [7, 11) is 0. The van der Waals surface area contributed by atoms with E-state index in [-0.39, 0.29) is 30.0 Å². The minimum Gasteiger partial charge on any atom is -0.484 e. The maximum atomic E-state index is 14.0. The number of benzene rings is 1. The predicted octanol–water partition coefficient (Wildman–Crippen LogP) is 5.04. The van der Waals surface area contributed by atoms with Crippen LogP contribution in [-0.4, -0.2) is 34.8 Å². The van der Waals surface area contributed by atoms with Gasteiger partial charge in [-0.25, -0.2) is 13.6 Å². The first-order valence-corrected chi connectivity index (χ1v) is 9.26.